The molecule has 0 spiro atoms. The first kappa shape index (κ1) is 14.5. The van der Waals surface area contributed by atoms with Gasteiger partial charge in [-0.3, -0.25) is 4.79 Å². The number of carbonyl (C=O) groups excluding carboxylic acids is 1. The Hall–Kier alpha value is -0.890. The molecule has 0 aliphatic carbocycles. The lowest BCUT2D eigenvalue weighted by Gasteiger charge is -2.07. The summed E-state index contributed by atoms with van der Waals surface area (Å²) in [4.78, 5) is 10.9. The Balaban J connectivity index is 2.00. The molecule has 0 unspecified atom stereocenters. The number of hydrogen-bond acceptors (Lipinski definition) is 6. The predicted molar refractivity (Wildman–Crippen MR) is 72.9 cm³/mol. The van der Waals surface area contributed by atoms with Gasteiger partial charge in [-0.2, -0.15) is 0 Å². The lowest BCUT2D eigenvalue weighted by molar-refractivity contribution is -0.114. The van der Waals surface area contributed by atoms with Gasteiger partial charge in [0.15, 0.2) is 15.0 Å². The summed E-state index contributed by atoms with van der Waals surface area (Å²) < 4.78 is 24.7. The summed E-state index contributed by atoms with van der Waals surface area (Å²) >= 11 is 1.36. The highest BCUT2D eigenvalue weighted by Crippen LogP contribution is 2.23. The molecule has 0 radical (unpaired) electrons. The van der Waals surface area contributed by atoms with Crippen LogP contribution in [0.2, 0.25) is 0 Å². The maximum Gasteiger partial charge on any atom is 0.191 e. The highest BCUT2D eigenvalue weighted by atomic mass is 32.2. The molecule has 1 aromatic heterocycles. The van der Waals surface area contributed by atoms with E-state index < -0.39 is 9.84 Å². The van der Waals surface area contributed by atoms with Gasteiger partial charge in [-0.15, -0.1) is 10.2 Å². The topological polar surface area (TPSA) is 81.9 Å². The van der Waals surface area contributed by atoms with Crippen LogP contribution in [0, 0.1) is 5.92 Å². The van der Waals surface area contributed by atoms with E-state index in [4.69, 9.17) is 0 Å². The summed E-state index contributed by atoms with van der Waals surface area (Å²) in [7, 11) is -1.00. The number of rotatable bonds is 5. The molecule has 0 aromatic carbocycles. The average Bonchev–Trinajstić information content (AvgIpc) is 2.82. The van der Waals surface area contributed by atoms with Crippen LogP contribution in [0.4, 0.5) is 0 Å². The zero-order valence-electron chi connectivity index (χ0n) is 11.0. The standard InChI is InChI=1S/C11H17N3O3S2/c1-8(15)6-18-11-13-12-10(14(11)2)5-9-3-4-19(16,17)7-9/h9H,3-7H2,1-2H3/t9-/m1/s1. The van der Waals surface area contributed by atoms with E-state index in [9.17, 15) is 13.2 Å². The van der Waals surface area contributed by atoms with Gasteiger partial charge in [-0.25, -0.2) is 8.42 Å². The number of nitrogens with zero attached hydrogens (tertiary/aromatic N) is 3. The molecule has 1 atom stereocenters. The van der Waals surface area contributed by atoms with Gasteiger partial charge in [0.1, 0.15) is 11.6 Å². The Kier molecular flexibility index (Phi) is 4.29. The highest BCUT2D eigenvalue weighted by Gasteiger charge is 2.29. The molecule has 6 nitrogen and oxygen atoms in total. The molecule has 1 aliphatic rings. The van der Waals surface area contributed by atoms with Crippen LogP contribution in [0.3, 0.4) is 0 Å². The summed E-state index contributed by atoms with van der Waals surface area (Å²) in [5, 5.41) is 8.83. The van der Waals surface area contributed by atoms with Crippen LogP contribution in [-0.4, -0.2) is 46.2 Å². The summed E-state index contributed by atoms with van der Waals surface area (Å²) in [6, 6.07) is 0. The molecular weight excluding hydrogens is 286 g/mol. The predicted octanol–water partition coefficient (Wildman–Crippen LogP) is 0.473. The highest BCUT2D eigenvalue weighted by molar-refractivity contribution is 7.99. The summed E-state index contributed by atoms with van der Waals surface area (Å²) in [6.45, 7) is 1.54. The second-order valence-electron chi connectivity index (χ2n) is 4.92. The third-order valence-electron chi connectivity index (χ3n) is 3.13. The van der Waals surface area contributed by atoms with Crippen molar-refractivity contribution >= 4 is 27.4 Å². The molecule has 0 N–H and O–H groups in total. The van der Waals surface area contributed by atoms with E-state index in [-0.39, 0.29) is 23.2 Å². The maximum atomic E-state index is 11.4. The molecule has 1 fully saturated rings. The normalized spacial score (nSPS) is 21.7. The van der Waals surface area contributed by atoms with Gasteiger partial charge in [-0.1, -0.05) is 11.8 Å². The van der Waals surface area contributed by atoms with E-state index in [1.54, 1.807) is 0 Å². The molecular formula is C11H17N3O3S2. The second kappa shape index (κ2) is 5.62. The van der Waals surface area contributed by atoms with Crippen molar-refractivity contribution in [1.29, 1.82) is 0 Å². The largest absolute Gasteiger partial charge is 0.309 e. The molecule has 0 amide bonds. The molecule has 0 bridgehead atoms. The zero-order valence-corrected chi connectivity index (χ0v) is 12.6. The summed E-state index contributed by atoms with van der Waals surface area (Å²) in [5.41, 5.74) is 0. The lowest BCUT2D eigenvalue weighted by atomic mass is 10.1. The third kappa shape index (κ3) is 3.79. The van der Waals surface area contributed by atoms with Crippen LogP contribution in [0.15, 0.2) is 5.16 Å². The first-order chi connectivity index (χ1) is 8.87. The lowest BCUT2D eigenvalue weighted by Crippen LogP contribution is -2.11. The first-order valence-electron chi connectivity index (χ1n) is 6.08. The fourth-order valence-electron chi connectivity index (χ4n) is 2.11. The Labute approximate surface area is 116 Å². The summed E-state index contributed by atoms with van der Waals surface area (Å²) in [6.07, 6.45) is 1.33. The van der Waals surface area contributed by atoms with Crippen molar-refractivity contribution in [3.63, 3.8) is 0 Å². The zero-order chi connectivity index (χ0) is 14.0. The van der Waals surface area contributed by atoms with Gasteiger partial charge in [0.05, 0.1) is 17.3 Å². The summed E-state index contributed by atoms with van der Waals surface area (Å²) in [5.74, 6) is 1.92. The minimum atomic E-state index is -2.85. The number of hydrogen-bond donors (Lipinski definition) is 0. The van der Waals surface area contributed by atoms with Crippen LogP contribution in [0.5, 0.6) is 0 Å². The van der Waals surface area contributed by atoms with Gasteiger partial charge < -0.3 is 4.57 Å². The Morgan fingerprint density at radius 3 is 2.79 bits per heavy atom. The van der Waals surface area contributed by atoms with Gasteiger partial charge in [0.25, 0.3) is 0 Å². The van der Waals surface area contributed by atoms with E-state index in [2.05, 4.69) is 10.2 Å². The molecule has 2 rings (SSSR count). The molecule has 106 valence electrons. The van der Waals surface area contributed by atoms with E-state index in [0.29, 0.717) is 23.8 Å². The number of carbonyl (C=O) groups is 1. The number of aromatic nitrogens is 3. The Morgan fingerprint density at radius 1 is 1.47 bits per heavy atom. The molecule has 8 heteroatoms. The molecule has 0 saturated carbocycles. The van der Waals surface area contributed by atoms with Crippen molar-refractivity contribution in [2.75, 3.05) is 17.3 Å². The number of Topliss-reactive ketones (excluding diaryl/α,β-unsaturated/α-hetero) is 1. The average molecular weight is 303 g/mol. The SMILES string of the molecule is CC(=O)CSc1nnc(C[C@H]2CCS(=O)(=O)C2)n1C. The quantitative estimate of drug-likeness (QED) is 0.736. The third-order valence-corrected chi connectivity index (χ3v) is 6.13. The van der Waals surface area contributed by atoms with Crippen LogP contribution >= 0.6 is 11.8 Å². The van der Waals surface area contributed by atoms with Crippen molar-refractivity contribution in [2.24, 2.45) is 13.0 Å². The second-order valence-corrected chi connectivity index (χ2v) is 8.09. The van der Waals surface area contributed by atoms with E-state index in [1.165, 1.54) is 18.7 Å². The number of thioether (sulfide) groups is 1. The van der Waals surface area contributed by atoms with Crippen molar-refractivity contribution in [3.8, 4) is 0 Å². The van der Waals surface area contributed by atoms with Crippen molar-refractivity contribution < 1.29 is 13.2 Å². The van der Waals surface area contributed by atoms with Gasteiger partial charge >= 0.3 is 0 Å². The van der Waals surface area contributed by atoms with Gasteiger partial charge in [0, 0.05) is 13.5 Å². The van der Waals surface area contributed by atoms with Crippen molar-refractivity contribution in [2.45, 2.75) is 24.9 Å². The fraction of sp³-hybridized carbons (Fsp3) is 0.727. The van der Waals surface area contributed by atoms with Crippen LogP contribution < -0.4 is 0 Å². The van der Waals surface area contributed by atoms with Crippen LogP contribution in [-0.2, 0) is 28.1 Å². The number of ketones is 1. The van der Waals surface area contributed by atoms with Crippen LogP contribution in [0.1, 0.15) is 19.2 Å². The van der Waals surface area contributed by atoms with Gasteiger partial charge in [-0.05, 0) is 19.3 Å². The smallest absolute Gasteiger partial charge is 0.191 e. The Morgan fingerprint density at radius 2 is 2.21 bits per heavy atom. The minimum absolute atomic E-state index is 0.0939. The number of sulfone groups is 1. The fourth-order valence-corrected chi connectivity index (χ4v) is 4.70. The molecule has 2 heterocycles. The van der Waals surface area contributed by atoms with E-state index >= 15 is 0 Å². The Bertz CT molecular complexity index is 580. The van der Waals surface area contributed by atoms with Crippen molar-refractivity contribution in [1.82, 2.24) is 14.8 Å². The molecule has 19 heavy (non-hydrogen) atoms. The van der Waals surface area contributed by atoms with Crippen LogP contribution in [0.25, 0.3) is 0 Å². The van der Waals surface area contributed by atoms with Gasteiger partial charge in [0.2, 0.25) is 0 Å². The van der Waals surface area contributed by atoms with Crippen molar-refractivity contribution in [3.05, 3.63) is 5.82 Å². The first-order valence-corrected chi connectivity index (χ1v) is 8.89. The van der Waals surface area contributed by atoms with E-state index in [0.717, 1.165) is 5.82 Å². The minimum Gasteiger partial charge on any atom is -0.309 e. The monoisotopic (exact) mass is 303 g/mol. The maximum absolute atomic E-state index is 11.4. The molecule has 1 saturated heterocycles. The van der Waals surface area contributed by atoms with E-state index in [1.807, 2.05) is 11.6 Å². The molecule has 1 aromatic rings. The molecule has 1 aliphatic heterocycles.